The molecule has 7 rings (SSSR count). The Morgan fingerprint density at radius 3 is 2.28 bits per heavy atom. The van der Waals surface area contributed by atoms with Crippen LogP contribution in [0.15, 0.2) is 30.9 Å². The number of carbonyl (C=O) groups excluding carboxylic acids is 5. The Balaban J connectivity index is 1.13. The molecule has 364 valence electrons. The van der Waals surface area contributed by atoms with Gasteiger partial charge in [-0.25, -0.2) is 9.78 Å². The monoisotopic (exact) mass is 948 g/mol. The summed E-state index contributed by atoms with van der Waals surface area (Å²) in [6.45, 7) is 15.4. The van der Waals surface area contributed by atoms with Crippen LogP contribution in [0.2, 0.25) is 0 Å². The lowest BCUT2D eigenvalue weighted by Crippen LogP contribution is -2.36. The summed E-state index contributed by atoms with van der Waals surface area (Å²) in [5.41, 5.74) is 11.6. The second-order valence-corrected chi connectivity index (χ2v) is 19.7. The molecule has 0 radical (unpaired) electrons. The maximum Gasteiger partial charge on any atom is 0.315 e. The fraction of sp³-hybridized carbons (Fsp3) is 0.519. The van der Waals surface area contributed by atoms with Crippen LogP contribution in [-0.2, 0) is 36.7 Å². The number of aryl methyl sites for hydroxylation is 3. The summed E-state index contributed by atoms with van der Waals surface area (Å²) in [4.78, 5) is 82.4. The second-order valence-electron chi connectivity index (χ2n) is 18.4. The highest BCUT2D eigenvalue weighted by Crippen LogP contribution is 2.43. The molecule has 6 N–H and O–H groups in total. The lowest BCUT2D eigenvalue weighted by Gasteiger charge is -2.18. The van der Waals surface area contributed by atoms with Gasteiger partial charge in [0, 0.05) is 82.2 Å². The van der Waals surface area contributed by atoms with Gasteiger partial charge >= 0.3 is 18.0 Å². The summed E-state index contributed by atoms with van der Waals surface area (Å²) < 4.78 is 10.3. The summed E-state index contributed by atoms with van der Waals surface area (Å²) in [6.07, 6.45) is 9.54. The van der Waals surface area contributed by atoms with Crippen LogP contribution in [0.3, 0.4) is 0 Å². The van der Waals surface area contributed by atoms with Gasteiger partial charge in [-0.3, -0.25) is 24.2 Å². The van der Waals surface area contributed by atoms with Gasteiger partial charge in [0.1, 0.15) is 0 Å². The van der Waals surface area contributed by atoms with Crippen LogP contribution in [0, 0.1) is 13.8 Å². The van der Waals surface area contributed by atoms with Crippen LogP contribution in [-0.4, -0.2) is 100 Å². The second kappa shape index (κ2) is 22.5. The van der Waals surface area contributed by atoms with Crippen molar-refractivity contribution in [3.8, 4) is 0 Å². The molecular formula is C52H68N8O7S. The maximum atomic E-state index is 14.6. The molecule has 3 aromatic rings. The summed E-state index contributed by atoms with van der Waals surface area (Å²) in [5.74, 6) is -0.617. The van der Waals surface area contributed by atoms with E-state index in [2.05, 4.69) is 64.7 Å². The largest absolute Gasteiger partial charge is 0.469 e. The first-order valence-corrected chi connectivity index (χ1v) is 25.3. The minimum Gasteiger partial charge on any atom is -0.469 e. The predicted molar refractivity (Wildman–Crippen MR) is 268 cm³/mol. The molecule has 4 amide bonds. The number of unbranched alkanes of at least 4 members (excludes halogenated alkanes) is 4. The molecule has 5 atom stereocenters. The third-order valence-corrected chi connectivity index (χ3v) is 15.7. The SMILES string of the molecule is C=CC1=C(C)c2cc3nc(c(CC(=O)OC)c4[nH]c(cc5[nH]c(cc1n2)c(C)c5CC)c(C)c4C(=O)NCCCCCCNC(=O)CCCC[C@@H]1SCC2NC(=O)NC21)[C@@H](CCC(=O)OC)[C@@H]3C. The number of allylic oxidation sites excluding steroid dienone is 3. The number of ether oxygens (including phenoxy) is 2. The first-order valence-electron chi connectivity index (χ1n) is 24.2. The minimum absolute atomic E-state index is 0.0624. The molecule has 15 nitrogen and oxygen atoms in total. The highest BCUT2D eigenvalue weighted by molar-refractivity contribution is 8.00. The van der Waals surface area contributed by atoms with E-state index in [-0.39, 0.29) is 60.6 Å². The van der Waals surface area contributed by atoms with Gasteiger partial charge in [0.25, 0.3) is 5.91 Å². The van der Waals surface area contributed by atoms with Crippen molar-refractivity contribution in [1.29, 1.82) is 0 Å². The topological polar surface area (TPSA) is 209 Å². The van der Waals surface area contributed by atoms with Gasteiger partial charge in [0.2, 0.25) is 5.91 Å². The molecule has 16 heteroatoms. The number of urea groups is 1. The Morgan fingerprint density at radius 1 is 0.824 bits per heavy atom. The normalized spacial score (nSPS) is 19.6. The number of nitrogens with one attached hydrogen (secondary N) is 6. The number of H-pyrrole nitrogens is 2. The number of amides is 4. The molecule has 0 saturated carbocycles. The lowest BCUT2D eigenvalue weighted by atomic mass is 9.85. The molecule has 2 saturated heterocycles. The molecule has 68 heavy (non-hydrogen) atoms. The van der Waals surface area contributed by atoms with E-state index in [1.165, 1.54) is 14.2 Å². The lowest BCUT2D eigenvalue weighted by molar-refractivity contribution is -0.141. The summed E-state index contributed by atoms with van der Waals surface area (Å²) in [7, 11) is 2.71. The predicted octanol–water partition coefficient (Wildman–Crippen LogP) is 8.30. The number of aromatic amines is 2. The smallest absolute Gasteiger partial charge is 0.315 e. The van der Waals surface area contributed by atoms with Gasteiger partial charge in [-0.05, 0) is 99.8 Å². The van der Waals surface area contributed by atoms with Crippen molar-refractivity contribution in [2.24, 2.45) is 0 Å². The zero-order valence-electron chi connectivity index (χ0n) is 40.7. The van der Waals surface area contributed by atoms with E-state index in [1.807, 2.05) is 43.8 Å². The molecule has 7 heterocycles. The first-order chi connectivity index (χ1) is 32.8. The summed E-state index contributed by atoms with van der Waals surface area (Å²) in [5, 5.41) is 12.6. The van der Waals surface area contributed by atoms with Crippen molar-refractivity contribution in [1.82, 2.24) is 41.2 Å². The van der Waals surface area contributed by atoms with E-state index < -0.39 is 5.97 Å². The van der Waals surface area contributed by atoms with Gasteiger partial charge in [-0.1, -0.05) is 45.8 Å². The van der Waals surface area contributed by atoms with Gasteiger partial charge in [-0.2, -0.15) is 11.8 Å². The van der Waals surface area contributed by atoms with E-state index in [0.29, 0.717) is 64.6 Å². The number of hydrogen-bond acceptors (Lipinski definition) is 10. The number of fused-ring (bicyclic) bond motifs is 9. The fourth-order valence-corrected chi connectivity index (χ4v) is 11.7. The van der Waals surface area contributed by atoms with Crippen LogP contribution in [0.25, 0.3) is 33.2 Å². The molecule has 8 bridgehead atoms. The van der Waals surface area contributed by atoms with Crippen molar-refractivity contribution in [3.05, 3.63) is 81.4 Å². The van der Waals surface area contributed by atoms with Crippen LogP contribution in [0.4, 0.5) is 4.79 Å². The van der Waals surface area contributed by atoms with E-state index in [1.54, 1.807) is 0 Å². The van der Waals surface area contributed by atoms with Crippen molar-refractivity contribution in [3.63, 3.8) is 0 Å². The van der Waals surface area contributed by atoms with Gasteiger partial charge in [0.15, 0.2) is 0 Å². The van der Waals surface area contributed by atoms with E-state index in [9.17, 15) is 24.0 Å². The Bertz CT molecular complexity index is 2650. The minimum atomic E-state index is -0.493. The quantitative estimate of drug-likeness (QED) is 0.0363. The fourth-order valence-electron chi connectivity index (χ4n) is 10.2. The number of hydrogen-bond donors (Lipinski definition) is 6. The van der Waals surface area contributed by atoms with Gasteiger partial charge in [0.05, 0.1) is 60.9 Å². The number of rotatable bonds is 20. The molecule has 0 aliphatic carbocycles. The Kier molecular flexibility index (Phi) is 16.5. The third kappa shape index (κ3) is 11.0. The summed E-state index contributed by atoms with van der Waals surface area (Å²) in [6, 6.07) is 6.40. The van der Waals surface area contributed by atoms with Gasteiger partial charge < -0.3 is 40.7 Å². The number of methoxy groups -OCH3 is 2. The number of nitrogens with zero attached hydrogens (tertiary/aromatic N) is 2. The van der Waals surface area contributed by atoms with E-state index in [0.717, 1.165) is 108 Å². The first kappa shape index (κ1) is 50.0. The highest BCUT2D eigenvalue weighted by Gasteiger charge is 2.42. The third-order valence-electron chi connectivity index (χ3n) is 14.2. The zero-order chi connectivity index (χ0) is 48.6. The zero-order valence-corrected chi connectivity index (χ0v) is 41.5. The Morgan fingerprint density at radius 2 is 1.56 bits per heavy atom. The van der Waals surface area contributed by atoms with E-state index in [4.69, 9.17) is 19.4 Å². The van der Waals surface area contributed by atoms with Crippen molar-refractivity contribution < 1.29 is 33.4 Å². The molecule has 3 aromatic heterocycles. The number of carbonyl (C=O) groups is 5. The van der Waals surface area contributed by atoms with Crippen molar-refractivity contribution in [2.75, 3.05) is 33.1 Å². The number of esters is 2. The van der Waals surface area contributed by atoms with E-state index >= 15 is 0 Å². The molecule has 0 spiro atoms. The maximum absolute atomic E-state index is 14.6. The van der Waals surface area contributed by atoms with Crippen LogP contribution >= 0.6 is 11.8 Å². The molecule has 4 aliphatic rings. The Labute approximate surface area is 403 Å². The standard InChI is InChI=1S/C52H68N8O7S/c1-9-32-28(3)36-24-38-30(5)34(19-20-45(62)66-7)48(57-38)35(23-46(63)67-8)49-47(31(6)39(58-49)26-41-33(10-2)29(4)37(56-41)25-40(32)55-36)51(64)54-22-16-12-11-15-21-53-44(61)18-14-13-17-43-50-42(27-68-43)59-52(65)60-50/h9,24-26,30,34,42-43,50,56,58H,1,10-23,27H2,2-8H3,(H,53,61)(H,54,64)(H2,59,60,65)/t30-,34-,42?,43-,50?/m0/s1. The number of thioether (sulfide) groups is 1. The van der Waals surface area contributed by atoms with Crippen LogP contribution in [0.1, 0.15) is 152 Å². The van der Waals surface area contributed by atoms with Gasteiger partial charge in [-0.15, -0.1) is 0 Å². The van der Waals surface area contributed by atoms with Crippen LogP contribution in [0.5, 0.6) is 0 Å². The Hall–Kier alpha value is -5.90. The van der Waals surface area contributed by atoms with Crippen molar-refractivity contribution in [2.45, 2.75) is 141 Å². The molecular weight excluding hydrogens is 881 g/mol. The molecule has 4 aliphatic heterocycles. The average Bonchev–Trinajstić information content (AvgIpc) is 4.15. The van der Waals surface area contributed by atoms with Crippen LogP contribution < -0.4 is 21.3 Å². The average molecular weight is 949 g/mol. The molecule has 0 aromatic carbocycles. The molecule has 2 unspecified atom stereocenters. The molecule has 2 fully saturated rings. The summed E-state index contributed by atoms with van der Waals surface area (Å²) >= 11 is 1.89. The van der Waals surface area contributed by atoms with Crippen molar-refractivity contribution >= 4 is 74.8 Å². The number of aromatic nitrogens is 4. The highest BCUT2D eigenvalue weighted by atomic mass is 32.2.